The van der Waals surface area contributed by atoms with Gasteiger partial charge in [0.1, 0.15) is 0 Å². The minimum Gasteiger partial charge on any atom is -0.353 e. The standard InChI is InChI=1S/C34H23N3/c1-2-22-10-8-15-26-27-16-9-11-23-18-19-36(34(23)27)32-21-31-28(20-29(32)35-33(22)26)25-14-6-7-17-30(25)37(31)24-12-4-3-5-13-24/h2-21,35H,1H2. The van der Waals surface area contributed by atoms with E-state index in [9.17, 15) is 0 Å². The molecule has 0 bridgehead atoms. The van der Waals surface area contributed by atoms with Gasteiger partial charge in [-0.2, -0.15) is 0 Å². The highest BCUT2D eigenvalue weighted by atomic mass is 15.0. The molecule has 0 aliphatic carbocycles. The van der Waals surface area contributed by atoms with Crippen molar-refractivity contribution < 1.29 is 0 Å². The summed E-state index contributed by atoms with van der Waals surface area (Å²) < 4.78 is 4.71. The van der Waals surface area contributed by atoms with Crippen LogP contribution in [0.15, 0.2) is 122 Å². The van der Waals surface area contributed by atoms with E-state index in [0.717, 1.165) is 27.8 Å². The van der Waals surface area contributed by atoms with E-state index in [4.69, 9.17) is 0 Å². The number of hydrogen-bond acceptors (Lipinski definition) is 0. The van der Waals surface area contributed by atoms with Crippen molar-refractivity contribution in [1.29, 1.82) is 0 Å². The van der Waals surface area contributed by atoms with E-state index in [-0.39, 0.29) is 0 Å². The molecule has 0 spiro atoms. The van der Waals surface area contributed by atoms with Crippen molar-refractivity contribution in [3.05, 3.63) is 128 Å². The summed E-state index contributed by atoms with van der Waals surface area (Å²) in [6.45, 7) is 4.11. The second-order valence-electron chi connectivity index (χ2n) is 9.60. The summed E-state index contributed by atoms with van der Waals surface area (Å²) in [6, 6.07) is 39.2. The van der Waals surface area contributed by atoms with Gasteiger partial charge >= 0.3 is 0 Å². The lowest BCUT2D eigenvalue weighted by molar-refractivity contribution is 1.18. The van der Waals surface area contributed by atoms with Crippen molar-refractivity contribution in [2.45, 2.75) is 0 Å². The van der Waals surface area contributed by atoms with Crippen LogP contribution in [0.3, 0.4) is 0 Å². The first kappa shape index (κ1) is 20.2. The average Bonchev–Trinajstić information content (AvgIpc) is 3.51. The van der Waals surface area contributed by atoms with Gasteiger partial charge in [-0.05, 0) is 42.0 Å². The predicted molar refractivity (Wildman–Crippen MR) is 158 cm³/mol. The fraction of sp³-hybridized carbons (Fsp3) is 0. The van der Waals surface area contributed by atoms with E-state index in [2.05, 4.69) is 136 Å². The largest absolute Gasteiger partial charge is 0.353 e. The fourth-order valence-corrected chi connectivity index (χ4v) is 6.01. The monoisotopic (exact) mass is 473 g/mol. The molecule has 5 aromatic carbocycles. The summed E-state index contributed by atoms with van der Waals surface area (Å²) in [4.78, 5) is 3.84. The van der Waals surface area contributed by atoms with Gasteiger partial charge in [-0.1, -0.05) is 85.5 Å². The predicted octanol–water partition coefficient (Wildman–Crippen LogP) is 9.03. The number of rotatable bonds is 2. The average molecular weight is 474 g/mol. The Balaban J connectivity index is 1.68. The highest BCUT2D eigenvalue weighted by molar-refractivity contribution is 6.16. The van der Waals surface area contributed by atoms with Crippen LogP contribution in [0.4, 0.5) is 0 Å². The minimum atomic E-state index is 1.08. The zero-order valence-electron chi connectivity index (χ0n) is 20.1. The van der Waals surface area contributed by atoms with Crippen LogP contribution in [0, 0.1) is 0 Å². The Morgan fingerprint density at radius 3 is 2.30 bits per heavy atom. The quantitative estimate of drug-likeness (QED) is 0.259. The molecule has 0 saturated heterocycles. The molecule has 0 amide bonds. The van der Waals surface area contributed by atoms with Crippen molar-refractivity contribution in [2.24, 2.45) is 0 Å². The highest BCUT2D eigenvalue weighted by Gasteiger charge is 2.15. The van der Waals surface area contributed by atoms with Crippen LogP contribution in [-0.2, 0) is 0 Å². The second-order valence-corrected chi connectivity index (χ2v) is 9.60. The SMILES string of the molecule is C=Cc1cccc2c1[nH]c1cc3c4ccccc4n(-c4ccccc4)c3cc1n1ccc3cccc2c31. The Morgan fingerprint density at radius 1 is 0.622 bits per heavy atom. The van der Waals surface area contributed by atoms with E-state index in [1.54, 1.807) is 0 Å². The van der Waals surface area contributed by atoms with Crippen molar-refractivity contribution in [1.82, 2.24) is 14.0 Å². The number of benzene rings is 5. The van der Waals surface area contributed by atoms with Gasteiger partial charge in [-0.3, -0.25) is 0 Å². The third kappa shape index (κ3) is 2.77. The van der Waals surface area contributed by atoms with Crippen molar-refractivity contribution in [2.75, 3.05) is 0 Å². The van der Waals surface area contributed by atoms with Gasteiger partial charge in [0.25, 0.3) is 0 Å². The van der Waals surface area contributed by atoms with Crippen molar-refractivity contribution >= 4 is 66.1 Å². The lowest BCUT2D eigenvalue weighted by Gasteiger charge is -2.11. The first-order valence-corrected chi connectivity index (χ1v) is 12.6. The number of nitrogens with one attached hydrogen (secondary N) is 1. The Kier molecular flexibility index (Phi) is 4.09. The molecule has 0 radical (unpaired) electrons. The smallest absolute Gasteiger partial charge is 0.0713 e. The number of aromatic nitrogens is 3. The van der Waals surface area contributed by atoms with E-state index >= 15 is 0 Å². The van der Waals surface area contributed by atoms with Gasteiger partial charge in [-0.15, -0.1) is 0 Å². The molecule has 0 unspecified atom stereocenters. The Bertz CT molecular complexity index is 2210. The van der Waals surface area contributed by atoms with Crippen LogP contribution in [-0.4, -0.2) is 14.0 Å². The van der Waals surface area contributed by atoms with Gasteiger partial charge in [0, 0.05) is 38.8 Å². The molecule has 8 rings (SSSR count). The van der Waals surface area contributed by atoms with Crippen molar-refractivity contribution in [3.63, 3.8) is 0 Å². The molecular weight excluding hydrogens is 450 g/mol. The maximum Gasteiger partial charge on any atom is 0.0713 e. The van der Waals surface area contributed by atoms with Crippen LogP contribution in [0.1, 0.15) is 5.56 Å². The number of nitrogens with zero attached hydrogens (tertiary/aromatic N) is 2. The number of aromatic amines is 1. The third-order valence-corrected chi connectivity index (χ3v) is 7.64. The molecule has 3 aromatic heterocycles. The van der Waals surface area contributed by atoms with Crippen LogP contribution in [0.25, 0.3) is 71.8 Å². The van der Waals surface area contributed by atoms with Crippen LogP contribution in [0.2, 0.25) is 0 Å². The van der Waals surface area contributed by atoms with Crippen LogP contribution < -0.4 is 0 Å². The number of para-hydroxylation sites is 4. The first-order valence-electron chi connectivity index (χ1n) is 12.6. The molecule has 37 heavy (non-hydrogen) atoms. The van der Waals surface area contributed by atoms with Gasteiger partial charge < -0.3 is 14.0 Å². The summed E-state index contributed by atoms with van der Waals surface area (Å²) >= 11 is 0. The topological polar surface area (TPSA) is 25.1 Å². The van der Waals surface area contributed by atoms with Gasteiger partial charge in [0.2, 0.25) is 0 Å². The lowest BCUT2D eigenvalue weighted by atomic mass is 10.0. The van der Waals surface area contributed by atoms with E-state index in [1.165, 1.54) is 43.5 Å². The number of fused-ring (bicyclic) bond motifs is 7. The Morgan fingerprint density at radius 2 is 1.41 bits per heavy atom. The molecule has 3 nitrogen and oxygen atoms in total. The lowest BCUT2D eigenvalue weighted by Crippen LogP contribution is -1.95. The molecule has 0 fully saturated rings. The third-order valence-electron chi connectivity index (χ3n) is 7.64. The van der Waals surface area contributed by atoms with Gasteiger partial charge in [0.05, 0.1) is 33.1 Å². The molecule has 174 valence electrons. The molecule has 0 saturated carbocycles. The van der Waals surface area contributed by atoms with E-state index < -0.39 is 0 Å². The fourth-order valence-electron chi connectivity index (χ4n) is 6.01. The number of hydrogen-bond donors (Lipinski definition) is 1. The van der Waals surface area contributed by atoms with Crippen molar-refractivity contribution in [3.8, 4) is 5.69 Å². The zero-order chi connectivity index (χ0) is 24.5. The maximum atomic E-state index is 4.11. The minimum absolute atomic E-state index is 1.08. The molecule has 3 heteroatoms. The Hall–Kier alpha value is -5.02. The second kappa shape index (κ2) is 7.49. The van der Waals surface area contributed by atoms with Crippen LogP contribution in [0.5, 0.6) is 0 Å². The molecule has 0 aliphatic rings. The molecule has 0 atom stereocenters. The highest BCUT2D eigenvalue weighted by Crippen LogP contribution is 2.36. The molecule has 0 aliphatic heterocycles. The molecular formula is C34H23N3. The van der Waals surface area contributed by atoms with Gasteiger partial charge in [-0.25, -0.2) is 0 Å². The summed E-state index contributed by atoms with van der Waals surface area (Å²) in [5, 5.41) is 6.08. The Labute approximate surface area is 213 Å². The van der Waals surface area contributed by atoms with Gasteiger partial charge in [0.15, 0.2) is 0 Å². The van der Waals surface area contributed by atoms with E-state index in [0.29, 0.717) is 0 Å². The summed E-state index contributed by atoms with van der Waals surface area (Å²) in [5.74, 6) is 0. The normalized spacial score (nSPS) is 11.9. The molecule has 1 N–H and O–H groups in total. The summed E-state index contributed by atoms with van der Waals surface area (Å²) in [6.07, 6.45) is 4.13. The maximum absolute atomic E-state index is 4.11. The van der Waals surface area contributed by atoms with E-state index in [1.807, 2.05) is 6.08 Å². The molecule has 8 aromatic rings. The summed E-state index contributed by atoms with van der Waals surface area (Å²) in [7, 11) is 0. The molecule has 3 heterocycles. The summed E-state index contributed by atoms with van der Waals surface area (Å²) in [5.41, 5.74) is 9.14. The number of H-pyrrole nitrogens is 1. The first-order chi connectivity index (χ1) is 18.3. The zero-order valence-corrected chi connectivity index (χ0v) is 20.1. The van der Waals surface area contributed by atoms with Crippen LogP contribution >= 0.6 is 0 Å².